The zero-order valence-electron chi connectivity index (χ0n) is 12.1. The SMILES string of the molecule is O=C(CCN=C1NS(=O)(=O)c2ccccc21)OCc1nnsc1Cl. The lowest BCUT2D eigenvalue weighted by atomic mass is 10.2. The number of nitrogens with zero attached hydrogens (tertiary/aromatic N) is 3. The van der Waals surface area contributed by atoms with Crippen LogP contribution in [0, 0.1) is 0 Å². The second-order valence-electron chi connectivity index (χ2n) is 4.74. The largest absolute Gasteiger partial charge is 0.459 e. The fourth-order valence-electron chi connectivity index (χ4n) is 2.01. The van der Waals surface area contributed by atoms with E-state index in [2.05, 4.69) is 19.3 Å². The Bertz CT molecular complexity index is 910. The van der Waals surface area contributed by atoms with Gasteiger partial charge in [0.05, 0.1) is 17.9 Å². The van der Waals surface area contributed by atoms with Crippen molar-refractivity contribution in [1.82, 2.24) is 14.3 Å². The quantitative estimate of drug-likeness (QED) is 0.777. The minimum absolute atomic E-state index is 0.00256. The molecule has 0 fully saturated rings. The van der Waals surface area contributed by atoms with E-state index in [9.17, 15) is 13.2 Å². The first-order valence-electron chi connectivity index (χ1n) is 6.76. The lowest BCUT2D eigenvalue weighted by Crippen LogP contribution is -2.22. The molecule has 11 heteroatoms. The molecule has 0 bridgehead atoms. The Hall–Kier alpha value is -2.04. The van der Waals surface area contributed by atoms with E-state index >= 15 is 0 Å². The van der Waals surface area contributed by atoms with Crippen molar-refractivity contribution < 1.29 is 17.9 Å². The Morgan fingerprint density at radius 1 is 1.38 bits per heavy atom. The van der Waals surface area contributed by atoms with E-state index in [1.54, 1.807) is 18.2 Å². The number of carbonyl (C=O) groups is 1. The number of sulfonamides is 1. The number of amidine groups is 1. The molecule has 0 radical (unpaired) electrons. The summed E-state index contributed by atoms with van der Waals surface area (Å²) in [4.78, 5) is 16.0. The van der Waals surface area contributed by atoms with E-state index in [0.717, 1.165) is 11.5 Å². The Balaban J connectivity index is 1.57. The van der Waals surface area contributed by atoms with Gasteiger partial charge in [-0.3, -0.25) is 14.5 Å². The van der Waals surface area contributed by atoms with Gasteiger partial charge in [0.15, 0.2) is 0 Å². The highest BCUT2D eigenvalue weighted by molar-refractivity contribution is 7.90. The van der Waals surface area contributed by atoms with Crippen LogP contribution in [0.1, 0.15) is 17.7 Å². The number of aliphatic imine (C=N–C) groups is 1. The van der Waals surface area contributed by atoms with Crippen LogP contribution in [0.2, 0.25) is 4.34 Å². The Labute approximate surface area is 146 Å². The molecule has 0 aliphatic carbocycles. The number of fused-ring (bicyclic) bond motifs is 1. The number of hydrogen-bond acceptors (Lipinski definition) is 8. The Morgan fingerprint density at radius 3 is 2.92 bits per heavy atom. The number of benzene rings is 1. The molecule has 3 rings (SSSR count). The summed E-state index contributed by atoms with van der Waals surface area (Å²) in [6, 6.07) is 6.51. The number of halogens is 1. The van der Waals surface area contributed by atoms with Gasteiger partial charge in [0, 0.05) is 17.1 Å². The molecule has 2 aromatic rings. The highest BCUT2D eigenvalue weighted by Gasteiger charge is 2.29. The summed E-state index contributed by atoms with van der Waals surface area (Å²) in [7, 11) is -3.58. The van der Waals surface area contributed by atoms with E-state index in [1.807, 2.05) is 0 Å². The number of esters is 1. The number of nitrogens with one attached hydrogen (secondary N) is 1. The van der Waals surface area contributed by atoms with Crippen molar-refractivity contribution in [1.29, 1.82) is 0 Å². The number of carbonyl (C=O) groups excluding carboxylic acids is 1. The number of hydrogen-bond donors (Lipinski definition) is 1. The average molecular weight is 387 g/mol. The van der Waals surface area contributed by atoms with Gasteiger partial charge in [-0.05, 0) is 12.1 Å². The first-order chi connectivity index (χ1) is 11.5. The molecular formula is C13H11ClN4O4S2. The van der Waals surface area contributed by atoms with Crippen LogP contribution in [-0.2, 0) is 26.2 Å². The number of rotatable bonds is 5. The highest BCUT2D eigenvalue weighted by atomic mass is 35.5. The number of ether oxygens (including phenoxy) is 1. The molecule has 2 heterocycles. The molecule has 1 aliphatic heterocycles. The molecule has 1 N–H and O–H groups in total. The average Bonchev–Trinajstić information content (AvgIpc) is 3.07. The Morgan fingerprint density at radius 2 is 2.17 bits per heavy atom. The molecule has 126 valence electrons. The summed E-state index contributed by atoms with van der Waals surface area (Å²) < 4.78 is 35.2. The van der Waals surface area contributed by atoms with Crippen molar-refractivity contribution in [3.05, 3.63) is 39.9 Å². The van der Waals surface area contributed by atoms with Gasteiger partial charge in [0.2, 0.25) is 0 Å². The standard InChI is InChI=1S/C13H11ClN4O4S2/c14-12-9(16-18-23-12)7-22-11(19)5-6-15-13-8-3-1-2-4-10(8)24(20,21)17-13/h1-4H,5-7H2,(H,15,17). The molecule has 1 aliphatic rings. The van der Waals surface area contributed by atoms with Crippen LogP contribution in [0.3, 0.4) is 0 Å². The lowest BCUT2D eigenvalue weighted by molar-refractivity contribution is -0.144. The van der Waals surface area contributed by atoms with Gasteiger partial charge in [-0.2, -0.15) is 0 Å². The molecule has 8 nitrogen and oxygen atoms in total. The molecule has 0 unspecified atom stereocenters. The van der Waals surface area contributed by atoms with Crippen LogP contribution in [-0.4, -0.2) is 36.4 Å². The second-order valence-corrected chi connectivity index (χ2v) is 7.74. The third kappa shape index (κ3) is 3.55. The minimum atomic E-state index is -3.58. The summed E-state index contributed by atoms with van der Waals surface area (Å²) in [5.74, 6) is -0.261. The predicted molar refractivity (Wildman–Crippen MR) is 87.5 cm³/mol. The molecule has 0 atom stereocenters. The summed E-state index contributed by atoms with van der Waals surface area (Å²) in [5.41, 5.74) is 0.894. The van der Waals surface area contributed by atoms with Gasteiger partial charge in [0.1, 0.15) is 22.5 Å². The third-order valence-electron chi connectivity index (χ3n) is 3.13. The topological polar surface area (TPSA) is 111 Å². The lowest BCUT2D eigenvalue weighted by Gasteiger charge is -2.02. The van der Waals surface area contributed by atoms with Crippen LogP contribution < -0.4 is 4.72 Å². The molecule has 1 aromatic carbocycles. The van der Waals surface area contributed by atoms with Crippen LogP contribution in [0.15, 0.2) is 34.2 Å². The maximum absolute atomic E-state index is 11.9. The van der Waals surface area contributed by atoms with Crippen LogP contribution >= 0.6 is 23.1 Å². The summed E-state index contributed by atoms with van der Waals surface area (Å²) >= 11 is 6.81. The molecule has 0 spiro atoms. The van der Waals surface area contributed by atoms with E-state index < -0.39 is 16.0 Å². The Kier molecular flexibility index (Phi) is 4.78. The van der Waals surface area contributed by atoms with Gasteiger partial charge in [-0.15, -0.1) is 5.10 Å². The van der Waals surface area contributed by atoms with Crippen molar-refractivity contribution in [2.24, 2.45) is 4.99 Å². The summed E-state index contributed by atoms with van der Waals surface area (Å²) in [5, 5.41) is 3.73. The third-order valence-corrected chi connectivity index (χ3v) is 5.51. The monoisotopic (exact) mass is 386 g/mol. The van der Waals surface area contributed by atoms with Crippen LogP contribution in [0.25, 0.3) is 0 Å². The first-order valence-corrected chi connectivity index (χ1v) is 9.40. The summed E-state index contributed by atoms with van der Waals surface area (Å²) in [6.45, 7) is 0.0360. The van der Waals surface area contributed by atoms with Gasteiger partial charge in [-0.25, -0.2) is 8.42 Å². The molecule has 1 aromatic heterocycles. The maximum atomic E-state index is 11.9. The van der Waals surface area contributed by atoms with E-state index in [1.165, 1.54) is 6.07 Å². The normalized spacial score (nSPS) is 16.6. The fourth-order valence-corrected chi connectivity index (χ4v) is 3.87. The molecule has 0 saturated heterocycles. The minimum Gasteiger partial charge on any atom is -0.459 e. The summed E-state index contributed by atoms with van der Waals surface area (Å²) in [6.07, 6.45) is 0.00256. The predicted octanol–water partition coefficient (Wildman–Crippen LogP) is 1.36. The zero-order valence-corrected chi connectivity index (χ0v) is 14.5. The van der Waals surface area contributed by atoms with Gasteiger partial charge >= 0.3 is 5.97 Å². The van der Waals surface area contributed by atoms with Crippen molar-refractivity contribution in [2.45, 2.75) is 17.9 Å². The van der Waals surface area contributed by atoms with Gasteiger partial charge < -0.3 is 4.74 Å². The van der Waals surface area contributed by atoms with Crippen molar-refractivity contribution >= 4 is 45.0 Å². The number of aromatic nitrogens is 2. The molecule has 0 saturated carbocycles. The molecule has 0 amide bonds. The van der Waals surface area contributed by atoms with Crippen molar-refractivity contribution in [3.8, 4) is 0 Å². The van der Waals surface area contributed by atoms with E-state index in [-0.39, 0.29) is 30.3 Å². The van der Waals surface area contributed by atoms with E-state index in [4.69, 9.17) is 16.3 Å². The van der Waals surface area contributed by atoms with Crippen LogP contribution in [0.4, 0.5) is 0 Å². The van der Waals surface area contributed by atoms with E-state index in [0.29, 0.717) is 15.6 Å². The van der Waals surface area contributed by atoms with Crippen LogP contribution in [0.5, 0.6) is 0 Å². The smallest absolute Gasteiger partial charge is 0.308 e. The van der Waals surface area contributed by atoms with Gasteiger partial charge in [-0.1, -0.05) is 28.2 Å². The molecule has 24 heavy (non-hydrogen) atoms. The zero-order chi connectivity index (χ0) is 17.2. The second kappa shape index (κ2) is 6.83. The maximum Gasteiger partial charge on any atom is 0.308 e. The fraction of sp³-hybridized carbons (Fsp3) is 0.231. The highest BCUT2D eigenvalue weighted by Crippen LogP contribution is 2.22. The molecular weight excluding hydrogens is 376 g/mol. The van der Waals surface area contributed by atoms with Gasteiger partial charge in [0.25, 0.3) is 10.0 Å². The van der Waals surface area contributed by atoms with Crippen molar-refractivity contribution in [2.75, 3.05) is 6.54 Å². The van der Waals surface area contributed by atoms with Crippen molar-refractivity contribution in [3.63, 3.8) is 0 Å². The first kappa shape index (κ1) is 16.8.